The highest BCUT2D eigenvalue weighted by molar-refractivity contribution is 5.52. The fourth-order valence-electron chi connectivity index (χ4n) is 2.82. The van der Waals surface area contributed by atoms with Crippen LogP contribution < -0.4 is 5.32 Å². The average molecular weight is 270 g/mol. The van der Waals surface area contributed by atoms with E-state index in [0.717, 1.165) is 12.3 Å². The van der Waals surface area contributed by atoms with Crippen molar-refractivity contribution in [2.75, 3.05) is 18.4 Å². The normalized spacial score (nSPS) is 17.2. The van der Waals surface area contributed by atoms with Crippen molar-refractivity contribution >= 4 is 5.69 Å². The van der Waals surface area contributed by atoms with Gasteiger partial charge < -0.3 is 9.73 Å². The quantitative estimate of drug-likeness (QED) is 0.888. The Morgan fingerprint density at radius 1 is 1.15 bits per heavy atom. The van der Waals surface area contributed by atoms with Crippen LogP contribution in [0.15, 0.2) is 47.1 Å². The molecule has 2 heterocycles. The number of nitrogens with one attached hydrogen (secondary N) is 1. The molecule has 0 aliphatic carbocycles. The Bertz CT molecular complexity index is 530. The van der Waals surface area contributed by atoms with E-state index in [4.69, 9.17) is 4.42 Å². The highest BCUT2D eigenvalue weighted by Gasteiger charge is 2.15. The van der Waals surface area contributed by atoms with E-state index < -0.39 is 0 Å². The van der Waals surface area contributed by atoms with Gasteiger partial charge in [-0.3, -0.25) is 4.90 Å². The van der Waals surface area contributed by atoms with Gasteiger partial charge in [0.15, 0.2) is 0 Å². The molecule has 1 aromatic heterocycles. The molecule has 1 aliphatic heterocycles. The molecule has 1 aliphatic rings. The van der Waals surface area contributed by atoms with Gasteiger partial charge in [0, 0.05) is 12.2 Å². The first kappa shape index (κ1) is 13.3. The lowest BCUT2D eigenvalue weighted by Gasteiger charge is -2.20. The van der Waals surface area contributed by atoms with Crippen LogP contribution in [-0.4, -0.2) is 18.0 Å². The molecule has 1 aromatic carbocycles. The first-order valence-corrected chi connectivity index (χ1v) is 7.43. The molecule has 3 rings (SSSR count). The number of hydrogen-bond acceptors (Lipinski definition) is 3. The van der Waals surface area contributed by atoms with Gasteiger partial charge >= 0.3 is 0 Å². The first-order valence-electron chi connectivity index (χ1n) is 7.43. The molecule has 2 aromatic rings. The van der Waals surface area contributed by atoms with E-state index in [1.54, 1.807) is 6.26 Å². The van der Waals surface area contributed by atoms with Crippen molar-refractivity contribution in [1.29, 1.82) is 0 Å². The Kier molecular flexibility index (Phi) is 4.07. The molecule has 1 atom stereocenters. The van der Waals surface area contributed by atoms with Gasteiger partial charge in [0.05, 0.1) is 12.3 Å². The van der Waals surface area contributed by atoms with Gasteiger partial charge in [-0.2, -0.15) is 0 Å². The van der Waals surface area contributed by atoms with E-state index in [-0.39, 0.29) is 6.04 Å². The molecular formula is C17H22N2O. The van der Waals surface area contributed by atoms with Crippen LogP contribution in [0.2, 0.25) is 0 Å². The van der Waals surface area contributed by atoms with Gasteiger partial charge in [0.2, 0.25) is 0 Å². The third-order valence-electron chi connectivity index (χ3n) is 3.95. The molecule has 1 N–H and O–H groups in total. The third kappa shape index (κ3) is 3.05. The summed E-state index contributed by atoms with van der Waals surface area (Å²) in [4.78, 5) is 2.53. The average Bonchev–Trinajstić information content (AvgIpc) is 3.13. The summed E-state index contributed by atoms with van der Waals surface area (Å²) in [5.74, 6) is 0.973. The van der Waals surface area contributed by atoms with Gasteiger partial charge in [0.1, 0.15) is 5.76 Å². The summed E-state index contributed by atoms with van der Waals surface area (Å²) in [5, 5.41) is 3.57. The highest BCUT2D eigenvalue weighted by atomic mass is 16.3. The molecule has 1 saturated heterocycles. The van der Waals surface area contributed by atoms with Crippen LogP contribution in [0, 0.1) is 0 Å². The maximum atomic E-state index is 5.47. The van der Waals surface area contributed by atoms with Crippen LogP contribution in [0.3, 0.4) is 0 Å². The van der Waals surface area contributed by atoms with Gasteiger partial charge in [-0.1, -0.05) is 18.2 Å². The summed E-state index contributed by atoms with van der Waals surface area (Å²) in [6.45, 7) is 5.61. The zero-order chi connectivity index (χ0) is 13.8. The minimum absolute atomic E-state index is 0.185. The topological polar surface area (TPSA) is 28.4 Å². The van der Waals surface area contributed by atoms with Crippen molar-refractivity contribution in [2.24, 2.45) is 0 Å². The molecule has 106 valence electrons. The number of anilines is 1. The third-order valence-corrected chi connectivity index (χ3v) is 3.95. The maximum absolute atomic E-state index is 5.47. The lowest BCUT2D eigenvalue weighted by Crippen LogP contribution is -2.19. The summed E-state index contributed by atoms with van der Waals surface area (Å²) in [7, 11) is 0. The summed E-state index contributed by atoms with van der Waals surface area (Å²) in [6, 6.07) is 12.7. The van der Waals surface area contributed by atoms with Gasteiger partial charge in [-0.15, -0.1) is 0 Å². The SMILES string of the molecule is CC(Nc1ccccc1CN1CCCC1)c1ccco1. The molecule has 0 saturated carbocycles. The minimum atomic E-state index is 0.185. The molecule has 1 fully saturated rings. The van der Waals surface area contributed by atoms with Crippen LogP contribution in [0.1, 0.15) is 37.1 Å². The Morgan fingerprint density at radius 3 is 2.70 bits per heavy atom. The van der Waals surface area contributed by atoms with Crippen LogP contribution in [0.25, 0.3) is 0 Å². The van der Waals surface area contributed by atoms with Crippen molar-refractivity contribution in [2.45, 2.75) is 32.4 Å². The lowest BCUT2D eigenvalue weighted by molar-refractivity contribution is 0.332. The van der Waals surface area contributed by atoms with E-state index in [1.807, 2.05) is 12.1 Å². The van der Waals surface area contributed by atoms with Crippen molar-refractivity contribution in [3.8, 4) is 0 Å². The Morgan fingerprint density at radius 2 is 1.95 bits per heavy atom. The maximum Gasteiger partial charge on any atom is 0.125 e. The molecule has 0 amide bonds. The van der Waals surface area contributed by atoms with Gasteiger partial charge in [0.25, 0.3) is 0 Å². The van der Waals surface area contributed by atoms with Gasteiger partial charge in [-0.05, 0) is 56.6 Å². The number of benzene rings is 1. The van der Waals surface area contributed by atoms with Crippen LogP contribution in [0.4, 0.5) is 5.69 Å². The van der Waals surface area contributed by atoms with Crippen molar-refractivity contribution in [1.82, 2.24) is 4.90 Å². The number of rotatable bonds is 5. The molecule has 20 heavy (non-hydrogen) atoms. The number of furan rings is 1. The predicted molar refractivity (Wildman–Crippen MR) is 81.7 cm³/mol. The second kappa shape index (κ2) is 6.14. The predicted octanol–water partition coefficient (Wildman–Crippen LogP) is 4.05. The van der Waals surface area contributed by atoms with E-state index in [2.05, 4.69) is 41.4 Å². The zero-order valence-electron chi connectivity index (χ0n) is 12.0. The molecule has 0 bridgehead atoms. The Labute approximate surface area is 120 Å². The second-order valence-electron chi connectivity index (χ2n) is 5.52. The van der Waals surface area contributed by atoms with E-state index >= 15 is 0 Å². The monoisotopic (exact) mass is 270 g/mol. The van der Waals surface area contributed by atoms with Crippen molar-refractivity contribution in [3.63, 3.8) is 0 Å². The first-order chi connectivity index (χ1) is 9.83. The Hall–Kier alpha value is -1.74. The van der Waals surface area contributed by atoms with E-state index in [0.29, 0.717) is 0 Å². The molecule has 1 unspecified atom stereocenters. The standard InChI is InChI=1S/C17H22N2O/c1-14(17-9-6-12-20-17)18-16-8-3-2-7-15(16)13-19-10-4-5-11-19/h2-3,6-9,12,14,18H,4-5,10-11,13H2,1H3. The van der Waals surface area contributed by atoms with Gasteiger partial charge in [-0.25, -0.2) is 0 Å². The molecule has 0 radical (unpaired) electrons. The van der Waals surface area contributed by atoms with Crippen LogP contribution >= 0.6 is 0 Å². The molecule has 0 spiro atoms. The molecule has 3 heteroatoms. The summed E-state index contributed by atoms with van der Waals surface area (Å²) < 4.78 is 5.47. The number of hydrogen-bond donors (Lipinski definition) is 1. The number of para-hydroxylation sites is 1. The highest BCUT2D eigenvalue weighted by Crippen LogP contribution is 2.24. The Balaban J connectivity index is 1.72. The summed E-state index contributed by atoms with van der Waals surface area (Å²) in [6.07, 6.45) is 4.39. The van der Waals surface area contributed by atoms with E-state index in [9.17, 15) is 0 Å². The molecular weight excluding hydrogens is 248 g/mol. The number of nitrogens with zero attached hydrogens (tertiary/aromatic N) is 1. The lowest BCUT2D eigenvalue weighted by atomic mass is 10.1. The second-order valence-corrected chi connectivity index (χ2v) is 5.52. The van der Waals surface area contributed by atoms with E-state index in [1.165, 1.54) is 37.2 Å². The minimum Gasteiger partial charge on any atom is -0.467 e. The smallest absolute Gasteiger partial charge is 0.125 e. The number of likely N-dealkylation sites (tertiary alicyclic amines) is 1. The largest absolute Gasteiger partial charge is 0.467 e. The van der Waals surface area contributed by atoms with Crippen molar-refractivity contribution < 1.29 is 4.42 Å². The fraction of sp³-hybridized carbons (Fsp3) is 0.412. The van der Waals surface area contributed by atoms with Crippen molar-refractivity contribution in [3.05, 3.63) is 54.0 Å². The molecule has 3 nitrogen and oxygen atoms in total. The fourth-order valence-corrected chi connectivity index (χ4v) is 2.82. The zero-order valence-corrected chi connectivity index (χ0v) is 12.0. The van der Waals surface area contributed by atoms with Crippen LogP contribution in [-0.2, 0) is 6.54 Å². The summed E-state index contributed by atoms with van der Waals surface area (Å²) >= 11 is 0. The summed E-state index contributed by atoms with van der Waals surface area (Å²) in [5.41, 5.74) is 2.58. The van der Waals surface area contributed by atoms with Crippen LogP contribution in [0.5, 0.6) is 0 Å².